The minimum Gasteiger partial charge on any atom is -0.464 e. The van der Waals surface area contributed by atoms with Crippen molar-refractivity contribution in [1.82, 2.24) is 10.6 Å². The lowest BCUT2D eigenvalue weighted by Crippen LogP contribution is -2.49. The smallest absolute Gasteiger partial charge is 0.328 e. The van der Waals surface area contributed by atoms with Crippen LogP contribution in [0.25, 0.3) is 0 Å². The normalized spacial score (nSPS) is 12.5. The molecule has 0 radical (unpaired) electrons. The van der Waals surface area contributed by atoms with Gasteiger partial charge in [-0.1, -0.05) is 97.3 Å². The van der Waals surface area contributed by atoms with E-state index in [1.165, 1.54) is 51.4 Å². The maximum Gasteiger partial charge on any atom is 0.328 e. The molecule has 0 bridgehead atoms. The number of esters is 1. The number of rotatable bonds is 36. The predicted octanol–water partition coefficient (Wildman–Crippen LogP) is 8.28. The van der Waals surface area contributed by atoms with Gasteiger partial charge in [0, 0.05) is 25.8 Å². The Morgan fingerprint density at radius 2 is 1.12 bits per heavy atom. The van der Waals surface area contributed by atoms with E-state index in [1.54, 1.807) is 0 Å². The summed E-state index contributed by atoms with van der Waals surface area (Å²) in [4.78, 5) is 37.5. The van der Waals surface area contributed by atoms with Gasteiger partial charge in [-0.2, -0.15) is 8.42 Å². The number of carbonyl (C=O) groups excluding carboxylic acids is 3. The number of nitrogens with zero attached hydrogens (tertiary/aromatic N) is 1. The summed E-state index contributed by atoms with van der Waals surface area (Å²) >= 11 is 0. The van der Waals surface area contributed by atoms with Gasteiger partial charge in [-0.3, -0.25) is 14.1 Å². The summed E-state index contributed by atoms with van der Waals surface area (Å²) < 4.78 is 37.4. The van der Waals surface area contributed by atoms with Crippen LogP contribution >= 0.6 is 0 Å². The first-order chi connectivity index (χ1) is 24.0. The lowest BCUT2D eigenvalue weighted by molar-refractivity contribution is -0.925. The summed E-state index contributed by atoms with van der Waals surface area (Å²) in [6.45, 7) is 13.2. The molecule has 50 heavy (non-hydrogen) atoms. The summed E-state index contributed by atoms with van der Waals surface area (Å²) in [5, 5.41) is 5.91. The van der Waals surface area contributed by atoms with Crippen molar-refractivity contribution >= 4 is 27.9 Å². The number of carbonyl (C=O) groups is 3. The van der Waals surface area contributed by atoms with Crippen molar-refractivity contribution in [2.45, 2.75) is 188 Å². The third kappa shape index (κ3) is 28.9. The Balaban J connectivity index is 4.13. The van der Waals surface area contributed by atoms with Gasteiger partial charge in [-0.05, 0) is 65.2 Å². The number of quaternary nitrogens is 1. The maximum atomic E-state index is 12.7. The van der Waals surface area contributed by atoms with Gasteiger partial charge in [0.25, 0.3) is 10.1 Å². The molecule has 0 aromatic carbocycles. The molecule has 10 nitrogen and oxygen atoms in total. The van der Waals surface area contributed by atoms with Crippen LogP contribution in [-0.4, -0.2) is 86.4 Å². The quantitative estimate of drug-likeness (QED) is 0.0255. The van der Waals surface area contributed by atoms with Gasteiger partial charge < -0.3 is 19.9 Å². The van der Waals surface area contributed by atoms with E-state index >= 15 is 0 Å². The van der Waals surface area contributed by atoms with Crippen molar-refractivity contribution in [1.29, 1.82) is 0 Å². The zero-order valence-electron chi connectivity index (χ0n) is 32.7. The second-order valence-electron chi connectivity index (χ2n) is 14.4. The molecular weight excluding hydrogens is 655 g/mol. The summed E-state index contributed by atoms with van der Waals surface area (Å²) in [5.74, 6) is -0.551. The van der Waals surface area contributed by atoms with Gasteiger partial charge in [-0.15, -0.1) is 0 Å². The third-order valence-corrected chi connectivity index (χ3v) is 10.8. The molecule has 0 aromatic rings. The van der Waals surface area contributed by atoms with Crippen LogP contribution in [-0.2, 0) is 29.2 Å². The number of ether oxygens (including phenoxy) is 1. The maximum absolute atomic E-state index is 12.7. The SMILES string of the molecule is CCCCCCCCCCCC(=O)NCCCCC(NC(=O)CCCCCCCCCC[N+](CC)(CC)CCCS(=O)(=O)O)C(=O)OCCC. The molecule has 0 spiro atoms. The van der Waals surface area contributed by atoms with E-state index < -0.39 is 16.2 Å². The third-order valence-electron chi connectivity index (χ3n) is 9.98. The number of hydrogen-bond acceptors (Lipinski definition) is 6. The van der Waals surface area contributed by atoms with Crippen molar-refractivity contribution < 1.29 is 36.6 Å². The van der Waals surface area contributed by atoms with E-state index in [4.69, 9.17) is 9.29 Å². The molecule has 0 aromatic heterocycles. The molecular formula is C39H78N3O7S+. The van der Waals surface area contributed by atoms with Gasteiger partial charge in [0.05, 0.1) is 38.5 Å². The highest BCUT2D eigenvalue weighted by Crippen LogP contribution is 2.15. The first kappa shape index (κ1) is 48.3. The number of amides is 2. The molecule has 3 N–H and O–H groups in total. The lowest BCUT2D eigenvalue weighted by atomic mass is 10.1. The second-order valence-corrected chi connectivity index (χ2v) is 15.9. The number of hydrogen-bond donors (Lipinski definition) is 3. The molecule has 1 atom stereocenters. The van der Waals surface area contributed by atoms with Gasteiger partial charge in [-0.25, -0.2) is 4.79 Å². The minimum absolute atomic E-state index is 0.0957. The molecule has 0 saturated heterocycles. The largest absolute Gasteiger partial charge is 0.464 e. The average Bonchev–Trinajstić information content (AvgIpc) is 3.08. The molecule has 0 aliphatic carbocycles. The van der Waals surface area contributed by atoms with Crippen molar-refractivity contribution in [3.8, 4) is 0 Å². The molecule has 0 fully saturated rings. The highest BCUT2D eigenvalue weighted by atomic mass is 32.2. The van der Waals surface area contributed by atoms with Crippen LogP contribution in [0.15, 0.2) is 0 Å². The summed E-state index contributed by atoms with van der Waals surface area (Å²) in [6.07, 6.45) is 23.9. The number of unbranched alkanes of at least 4 members (excludes halogenated alkanes) is 16. The average molecular weight is 733 g/mol. The van der Waals surface area contributed by atoms with Crippen molar-refractivity contribution in [3.05, 3.63) is 0 Å². The van der Waals surface area contributed by atoms with Gasteiger partial charge in [0.2, 0.25) is 11.8 Å². The molecule has 2 amide bonds. The standard InChI is InChI=1S/C39H77N3O7S/c1-5-9-10-11-12-13-16-19-22-29-37(43)40-31-25-24-28-36(39(45)49-34-6-2)41-38(44)30-23-20-17-14-15-18-21-26-32-42(7-3,8-4)33-27-35-50(46,47)48/h36H,5-35H2,1-4H3,(H2-,40,41,43,44,46,47,48)/p+1. The molecule has 296 valence electrons. The van der Waals surface area contributed by atoms with Crippen LogP contribution in [0.5, 0.6) is 0 Å². The van der Waals surface area contributed by atoms with E-state index in [0.29, 0.717) is 38.8 Å². The van der Waals surface area contributed by atoms with E-state index in [-0.39, 0.29) is 23.5 Å². The Hall–Kier alpha value is -1.72. The molecule has 0 heterocycles. The highest BCUT2D eigenvalue weighted by molar-refractivity contribution is 7.85. The zero-order valence-corrected chi connectivity index (χ0v) is 33.6. The van der Waals surface area contributed by atoms with Gasteiger partial charge in [0.15, 0.2) is 0 Å². The Labute approximate surface area is 307 Å². The fourth-order valence-corrected chi connectivity index (χ4v) is 7.04. The van der Waals surface area contributed by atoms with Crippen molar-refractivity contribution in [2.75, 3.05) is 45.1 Å². The van der Waals surface area contributed by atoms with E-state index in [9.17, 15) is 22.8 Å². The van der Waals surface area contributed by atoms with Crippen LogP contribution in [0.3, 0.4) is 0 Å². The van der Waals surface area contributed by atoms with Gasteiger partial charge in [0.1, 0.15) is 6.04 Å². The predicted molar refractivity (Wildman–Crippen MR) is 206 cm³/mol. The Morgan fingerprint density at radius 1 is 0.620 bits per heavy atom. The summed E-state index contributed by atoms with van der Waals surface area (Å²) in [5.41, 5.74) is 0. The lowest BCUT2D eigenvalue weighted by Gasteiger charge is -2.37. The van der Waals surface area contributed by atoms with Crippen LogP contribution in [0.4, 0.5) is 0 Å². The fourth-order valence-electron chi connectivity index (χ4n) is 6.55. The van der Waals surface area contributed by atoms with Crippen LogP contribution in [0.1, 0.15) is 182 Å². The topological polar surface area (TPSA) is 139 Å². The summed E-state index contributed by atoms with van der Waals surface area (Å²) in [6, 6.07) is -0.646. The van der Waals surface area contributed by atoms with E-state index in [0.717, 1.165) is 108 Å². The molecule has 1 unspecified atom stereocenters. The zero-order chi connectivity index (χ0) is 37.4. The fraction of sp³-hybridized carbons (Fsp3) is 0.923. The minimum atomic E-state index is -3.90. The monoisotopic (exact) mass is 733 g/mol. The number of nitrogens with one attached hydrogen (secondary N) is 2. The highest BCUT2D eigenvalue weighted by Gasteiger charge is 2.23. The van der Waals surface area contributed by atoms with Gasteiger partial charge >= 0.3 is 5.97 Å². The first-order valence-corrected chi connectivity index (χ1v) is 22.2. The molecule has 0 rings (SSSR count). The Kier molecular flexibility index (Phi) is 30.9. The molecule has 0 saturated carbocycles. The van der Waals surface area contributed by atoms with Crippen LogP contribution < -0.4 is 10.6 Å². The van der Waals surface area contributed by atoms with Crippen molar-refractivity contribution in [3.63, 3.8) is 0 Å². The van der Waals surface area contributed by atoms with Crippen LogP contribution in [0.2, 0.25) is 0 Å². The molecule has 0 aliphatic rings. The second kappa shape index (κ2) is 32.0. The summed E-state index contributed by atoms with van der Waals surface area (Å²) in [7, 11) is -3.90. The van der Waals surface area contributed by atoms with E-state index in [1.807, 2.05) is 6.92 Å². The Morgan fingerprint density at radius 3 is 1.64 bits per heavy atom. The van der Waals surface area contributed by atoms with E-state index in [2.05, 4.69) is 31.4 Å². The Bertz CT molecular complexity index is 957. The van der Waals surface area contributed by atoms with Crippen LogP contribution in [0, 0.1) is 0 Å². The van der Waals surface area contributed by atoms with Crippen molar-refractivity contribution in [2.24, 2.45) is 0 Å². The molecule has 11 heteroatoms. The first-order valence-electron chi connectivity index (χ1n) is 20.5. The molecule has 0 aliphatic heterocycles.